The zero-order valence-corrected chi connectivity index (χ0v) is 12.4. The lowest BCUT2D eigenvalue weighted by molar-refractivity contribution is -0.150. The van der Waals surface area contributed by atoms with E-state index in [0.717, 1.165) is 0 Å². The average Bonchev–Trinajstić information content (AvgIpc) is 2.87. The molecule has 0 radical (unpaired) electrons. The summed E-state index contributed by atoms with van der Waals surface area (Å²) in [5.41, 5.74) is 5.22. The SMILES string of the molecule is CC(N)c1nc(C(=O)N2CCCC(C)(C(=O)O)C2)cs1. The molecular formula is C13H19N3O3S. The van der Waals surface area contributed by atoms with Crippen LogP contribution in [0, 0.1) is 5.41 Å². The first-order valence-corrected chi connectivity index (χ1v) is 7.45. The molecule has 1 amide bonds. The van der Waals surface area contributed by atoms with Crippen LogP contribution in [-0.2, 0) is 4.79 Å². The van der Waals surface area contributed by atoms with Gasteiger partial charge in [-0.15, -0.1) is 11.3 Å². The van der Waals surface area contributed by atoms with Gasteiger partial charge in [0.05, 0.1) is 11.5 Å². The van der Waals surface area contributed by atoms with E-state index in [-0.39, 0.29) is 18.5 Å². The number of rotatable bonds is 3. The van der Waals surface area contributed by atoms with Crippen LogP contribution in [0.3, 0.4) is 0 Å². The molecule has 2 unspecified atom stereocenters. The first-order chi connectivity index (χ1) is 9.33. The Morgan fingerprint density at radius 1 is 1.60 bits per heavy atom. The Hall–Kier alpha value is -1.47. The highest BCUT2D eigenvalue weighted by atomic mass is 32.1. The molecule has 7 heteroatoms. The fraction of sp³-hybridized carbons (Fsp3) is 0.615. The van der Waals surface area contributed by atoms with Gasteiger partial charge in [0.15, 0.2) is 0 Å². The van der Waals surface area contributed by atoms with Gasteiger partial charge in [-0.05, 0) is 26.7 Å². The summed E-state index contributed by atoms with van der Waals surface area (Å²) in [6.45, 7) is 4.30. The minimum absolute atomic E-state index is 0.202. The molecule has 2 rings (SSSR count). The Bertz CT molecular complexity index is 529. The van der Waals surface area contributed by atoms with Crippen molar-refractivity contribution in [3.8, 4) is 0 Å². The Kier molecular flexibility index (Phi) is 4.10. The molecule has 2 atom stereocenters. The van der Waals surface area contributed by atoms with Crippen LogP contribution in [0.25, 0.3) is 0 Å². The fourth-order valence-electron chi connectivity index (χ4n) is 2.34. The highest BCUT2D eigenvalue weighted by Crippen LogP contribution is 2.30. The van der Waals surface area contributed by atoms with E-state index in [1.165, 1.54) is 11.3 Å². The zero-order chi connectivity index (χ0) is 14.9. The van der Waals surface area contributed by atoms with Crippen molar-refractivity contribution < 1.29 is 14.7 Å². The maximum atomic E-state index is 12.4. The van der Waals surface area contributed by atoms with E-state index in [9.17, 15) is 14.7 Å². The third-order valence-corrected chi connectivity index (χ3v) is 4.68. The van der Waals surface area contributed by atoms with Gasteiger partial charge in [-0.2, -0.15) is 0 Å². The van der Waals surface area contributed by atoms with Gasteiger partial charge in [0.25, 0.3) is 5.91 Å². The number of carbonyl (C=O) groups is 2. The normalized spacial score (nSPS) is 24.4. The first-order valence-electron chi connectivity index (χ1n) is 6.57. The van der Waals surface area contributed by atoms with Crippen molar-refractivity contribution in [2.24, 2.45) is 11.1 Å². The minimum Gasteiger partial charge on any atom is -0.481 e. The van der Waals surface area contributed by atoms with E-state index in [1.807, 2.05) is 6.92 Å². The number of hydrogen-bond acceptors (Lipinski definition) is 5. The van der Waals surface area contributed by atoms with Crippen LogP contribution in [0.15, 0.2) is 5.38 Å². The van der Waals surface area contributed by atoms with Gasteiger partial charge in [-0.25, -0.2) is 4.98 Å². The number of nitrogens with zero attached hydrogens (tertiary/aromatic N) is 2. The Balaban J connectivity index is 2.14. The number of thiazole rings is 1. The van der Waals surface area contributed by atoms with Crippen molar-refractivity contribution >= 4 is 23.2 Å². The summed E-state index contributed by atoms with van der Waals surface area (Å²) in [7, 11) is 0. The lowest BCUT2D eigenvalue weighted by atomic mass is 9.82. The predicted octanol–water partition coefficient (Wildman–Crippen LogP) is 1.49. The second-order valence-electron chi connectivity index (χ2n) is 5.56. The number of nitrogens with two attached hydrogens (primary N) is 1. The molecule has 6 nitrogen and oxygen atoms in total. The molecule has 1 aliphatic heterocycles. The molecule has 0 saturated carbocycles. The van der Waals surface area contributed by atoms with Crippen molar-refractivity contribution in [3.05, 3.63) is 16.1 Å². The molecule has 2 heterocycles. The van der Waals surface area contributed by atoms with Crippen molar-refractivity contribution in [3.63, 3.8) is 0 Å². The molecule has 0 aliphatic carbocycles. The van der Waals surface area contributed by atoms with Crippen LogP contribution >= 0.6 is 11.3 Å². The number of aromatic nitrogens is 1. The van der Waals surface area contributed by atoms with Gasteiger partial charge in [0, 0.05) is 18.5 Å². The van der Waals surface area contributed by atoms with E-state index in [0.29, 0.717) is 30.1 Å². The maximum Gasteiger partial charge on any atom is 0.311 e. The van der Waals surface area contributed by atoms with E-state index in [4.69, 9.17) is 5.73 Å². The van der Waals surface area contributed by atoms with E-state index in [2.05, 4.69) is 4.98 Å². The lowest BCUT2D eigenvalue weighted by Gasteiger charge is -2.37. The summed E-state index contributed by atoms with van der Waals surface area (Å²) in [4.78, 5) is 29.5. The molecule has 1 saturated heterocycles. The summed E-state index contributed by atoms with van der Waals surface area (Å²) in [6.07, 6.45) is 1.28. The Morgan fingerprint density at radius 3 is 2.85 bits per heavy atom. The monoisotopic (exact) mass is 297 g/mol. The van der Waals surface area contributed by atoms with Crippen molar-refractivity contribution in [1.82, 2.24) is 9.88 Å². The van der Waals surface area contributed by atoms with Gasteiger partial charge in [-0.3, -0.25) is 9.59 Å². The van der Waals surface area contributed by atoms with Crippen LogP contribution in [0.4, 0.5) is 0 Å². The van der Waals surface area contributed by atoms with Crippen molar-refractivity contribution in [2.45, 2.75) is 32.7 Å². The van der Waals surface area contributed by atoms with E-state index < -0.39 is 11.4 Å². The molecule has 20 heavy (non-hydrogen) atoms. The van der Waals surface area contributed by atoms with Crippen LogP contribution in [0.2, 0.25) is 0 Å². The second-order valence-corrected chi connectivity index (χ2v) is 6.45. The minimum atomic E-state index is -0.867. The third-order valence-electron chi connectivity index (χ3n) is 3.63. The molecule has 3 N–H and O–H groups in total. The standard InChI is InChI=1S/C13H19N3O3S/c1-8(14)10-15-9(6-20-10)11(17)16-5-3-4-13(2,7-16)12(18)19/h6,8H,3-5,7,14H2,1-2H3,(H,18,19). The summed E-state index contributed by atoms with van der Waals surface area (Å²) in [6, 6.07) is -0.202. The lowest BCUT2D eigenvalue weighted by Crippen LogP contribution is -2.48. The fourth-order valence-corrected chi connectivity index (χ4v) is 3.10. The second kappa shape index (κ2) is 5.49. The van der Waals surface area contributed by atoms with Crippen LogP contribution in [0.5, 0.6) is 0 Å². The number of carboxylic acids is 1. The van der Waals surface area contributed by atoms with E-state index >= 15 is 0 Å². The molecule has 1 fully saturated rings. The largest absolute Gasteiger partial charge is 0.481 e. The van der Waals surface area contributed by atoms with Crippen LogP contribution < -0.4 is 5.73 Å². The molecule has 1 aliphatic rings. The van der Waals surface area contributed by atoms with Gasteiger partial charge in [-0.1, -0.05) is 0 Å². The number of carboxylic acid groups (broad SMARTS) is 1. The van der Waals surface area contributed by atoms with Gasteiger partial charge < -0.3 is 15.7 Å². The van der Waals surface area contributed by atoms with E-state index in [1.54, 1.807) is 17.2 Å². The van der Waals surface area contributed by atoms with Crippen molar-refractivity contribution in [1.29, 1.82) is 0 Å². The summed E-state index contributed by atoms with van der Waals surface area (Å²) >= 11 is 1.36. The zero-order valence-electron chi connectivity index (χ0n) is 11.6. The summed E-state index contributed by atoms with van der Waals surface area (Å²) < 4.78 is 0. The Morgan fingerprint density at radius 2 is 2.30 bits per heavy atom. The molecule has 1 aromatic heterocycles. The predicted molar refractivity (Wildman–Crippen MR) is 75.6 cm³/mol. The maximum absolute atomic E-state index is 12.4. The number of aliphatic carboxylic acids is 1. The number of hydrogen-bond donors (Lipinski definition) is 2. The summed E-state index contributed by atoms with van der Waals surface area (Å²) in [5.74, 6) is -1.06. The number of piperidine rings is 1. The third kappa shape index (κ3) is 2.83. The number of carbonyl (C=O) groups excluding carboxylic acids is 1. The Labute approximate surface area is 121 Å². The van der Waals surface area contributed by atoms with Gasteiger partial charge >= 0.3 is 5.97 Å². The number of amides is 1. The van der Waals surface area contributed by atoms with Gasteiger partial charge in [0.2, 0.25) is 0 Å². The quantitative estimate of drug-likeness (QED) is 0.881. The highest BCUT2D eigenvalue weighted by Gasteiger charge is 2.39. The molecule has 0 spiro atoms. The summed E-state index contributed by atoms with van der Waals surface area (Å²) in [5, 5.41) is 11.7. The molecule has 0 bridgehead atoms. The topological polar surface area (TPSA) is 96.5 Å². The van der Waals surface area contributed by atoms with Gasteiger partial charge in [0.1, 0.15) is 10.7 Å². The molecule has 110 valence electrons. The molecule has 0 aromatic carbocycles. The van der Waals surface area contributed by atoms with Crippen molar-refractivity contribution in [2.75, 3.05) is 13.1 Å². The highest BCUT2D eigenvalue weighted by molar-refractivity contribution is 7.09. The molecular weight excluding hydrogens is 278 g/mol. The van der Waals surface area contributed by atoms with Crippen LogP contribution in [-0.4, -0.2) is 40.0 Å². The number of likely N-dealkylation sites (tertiary alicyclic amines) is 1. The average molecular weight is 297 g/mol. The van der Waals surface area contributed by atoms with Crippen LogP contribution in [0.1, 0.15) is 48.2 Å². The smallest absolute Gasteiger partial charge is 0.311 e. The molecule has 1 aromatic rings. The first kappa shape index (κ1) is 14.9.